The molecule has 150 valence electrons. The lowest BCUT2D eigenvalue weighted by Crippen LogP contribution is -2.15. The van der Waals surface area contributed by atoms with Crippen molar-refractivity contribution in [3.63, 3.8) is 0 Å². The molecule has 0 unspecified atom stereocenters. The van der Waals surface area contributed by atoms with Gasteiger partial charge in [-0.15, -0.1) is 0 Å². The molecule has 8 nitrogen and oxygen atoms in total. The normalized spacial score (nSPS) is 13.5. The highest BCUT2D eigenvalue weighted by atomic mass is 16.1. The molecule has 30 heavy (non-hydrogen) atoms. The molecular weight excluding hydrogens is 378 g/mol. The Bertz CT molecular complexity index is 1150. The number of pyridine rings is 1. The molecule has 0 atom stereocenters. The largest absolute Gasteiger partial charge is 0.327 e. The van der Waals surface area contributed by atoms with Crippen molar-refractivity contribution in [3.05, 3.63) is 72.7 Å². The third-order valence-electron chi connectivity index (χ3n) is 5.27. The van der Waals surface area contributed by atoms with E-state index < -0.39 is 0 Å². The Balaban J connectivity index is 1.45. The summed E-state index contributed by atoms with van der Waals surface area (Å²) < 4.78 is 3.77. The van der Waals surface area contributed by atoms with Crippen LogP contribution in [-0.2, 0) is 13.0 Å². The first-order valence-corrected chi connectivity index (χ1v) is 10.1. The molecule has 1 aliphatic rings. The predicted octanol–water partition coefficient (Wildman–Crippen LogP) is 3.50. The number of benzene rings is 1. The standard InChI is InChI=1S/C22H21N7O/c30-22(26-17-10-11-19(24-13-17)29-15-23-14-25-29)20-18-9-5-2-6-12-28(18)21(27-20)16-7-3-1-4-8-16/h1,3-4,7-8,10-11,13-15H,2,5-6,9,12H2,(H,26,30). The summed E-state index contributed by atoms with van der Waals surface area (Å²) in [5, 5.41) is 7.00. The van der Waals surface area contributed by atoms with Crippen LogP contribution in [0.5, 0.6) is 0 Å². The minimum absolute atomic E-state index is 0.210. The number of fused-ring (bicyclic) bond motifs is 1. The summed E-state index contributed by atoms with van der Waals surface area (Å²) >= 11 is 0. The molecule has 5 rings (SSSR count). The molecule has 1 aliphatic heterocycles. The summed E-state index contributed by atoms with van der Waals surface area (Å²) in [6.07, 6.45) is 8.81. The first-order chi connectivity index (χ1) is 14.8. The lowest BCUT2D eigenvalue weighted by Gasteiger charge is -2.09. The van der Waals surface area contributed by atoms with Crippen LogP contribution in [0.2, 0.25) is 0 Å². The van der Waals surface area contributed by atoms with Gasteiger partial charge in [-0.3, -0.25) is 4.79 Å². The maximum atomic E-state index is 13.1. The Morgan fingerprint density at radius 1 is 1.03 bits per heavy atom. The fraction of sp³-hybridized carbons (Fsp3) is 0.227. The second kappa shape index (κ2) is 7.90. The molecule has 0 spiro atoms. The Morgan fingerprint density at radius 3 is 2.70 bits per heavy atom. The summed E-state index contributed by atoms with van der Waals surface area (Å²) in [6.45, 7) is 0.883. The Morgan fingerprint density at radius 2 is 1.93 bits per heavy atom. The van der Waals surface area contributed by atoms with Crippen molar-refractivity contribution in [3.8, 4) is 17.2 Å². The Hall–Kier alpha value is -3.81. The van der Waals surface area contributed by atoms with Gasteiger partial charge in [0.25, 0.3) is 5.91 Å². The molecule has 1 amide bonds. The summed E-state index contributed by atoms with van der Waals surface area (Å²) in [4.78, 5) is 26.1. The van der Waals surface area contributed by atoms with Gasteiger partial charge in [0.05, 0.1) is 17.6 Å². The van der Waals surface area contributed by atoms with Crippen molar-refractivity contribution in [1.29, 1.82) is 0 Å². The number of amides is 1. The van der Waals surface area contributed by atoms with E-state index in [0.717, 1.165) is 49.3 Å². The van der Waals surface area contributed by atoms with E-state index in [4.69, 9.17) is 4.98 Å². The maximum Gasteiger partial charge on any atom is 0.276 e. The van der Waals surface area contributed by atoms with Gasteiger partial charge in [-0.05, 0) is 31.4 Å². The number of nitrogens with zero attached hydrogens (tertiary/aromatic N) is 6. The van der Waals surface area contributed by atoms with Gasteiger partial charge in [-0.1, -0.05) is 36.8 Å². The molecule has 4 heterocycles. The molecule has 4 aromatic rings. The van der Waals surface area contributed by atoms with E-state index in [1.807, 2.05) is 30.3 Å². The van der Waals surface area contributed by atoms with Crippen molar-refractivity contribution in [1.82, 2.24) is 29.3 Å². The summed E-state index contributed by atoms with van der Waals surface area (Å²) in [6, 6.07) is 13.6. The summed E-state index contributed by atoms with van der Waals surface area (Å²) in [7, 11) is 0. The minimum Gasteiger partial charge on any atom is -0.327 e. The number of hydrogen-bond acceptors (Lipinski definition) is 5. The molecule has 0 radical (unpaired) electrons. The average Bonchev–Trinajstić information content (AvgIpc) is 3.38. The molecule has 0 aliphatic carbocycles. The second-order valence-electron chi connectivity index (χ2n) is 7.26. The number of nitrogens with one attached hydrogen (secondary N) is 1. The Kier molecular flexibility index (Phi) is 4.80. The van der Waals surface area contributed by atoms with Crippen molar-refractivity contribution < 1.29 is 4.79 Å². The fourth-order valence-electron chi connectivity index (χ4n) is 3.82. The highest BCUT2D eigenvalue weighted by Crippen LogP contribution is 2.27. The van der Waals surface area contributed by atoms with Crippen molar-refractivity contribution >= 4 is 11.6 Å². The first-order valence-electron chi connectivity index (χ1n) is 10.1. The molecule has 1 N–H and O–H groups in total. The topological polar surface area (TPSA) is 90.5 Å². The number of aromatic nitrogens is 6. The van der Waals surface area contributed by atoms with Crippen LogP contribution >= 0.6 is 0 Å². The van der Waals surface area contributed by atoms with Crippen LogP contribution in [0.25, 0.3) is 17.2 Å². The Labute approximate surface area is 173 Å². The van der Waals surface area contributed by atoms with Gasteiger partial charge < -0.3 is 9.88 Å². The van der Waals surface area contributed by atoms with Crippen LogP contribution < -0.4 is 5.32 Å². The fourth-order valence-corrected chi connectivity index (χ4v) is 3.82. The number of rotatable bonds is 4. The van der Waals surface area contributed by atoms with Crippen molar-refractivity contribution in [2.75, 3.05) is 5.32 Å². The van der Waals surface area contributed by atoms with Crippen LogP contribution in [0.15, 0.2) is 61.3 Å². The third kappa shape index (κ3) is 3.47. The zero-order valence-corrected chi connectivity index (χ0v) is 16.4. The highest BCUT2D eigenvalue weighted by molar-refractivity contribution is 6.04. The van der Waals surface area contributed by atoms with Crippen molar-refractivity contribution in [2.24, 2.45) is 0 Å². The van der Waals surface area contributed by atoms with Crippen LogP contribution in [0.4, 0.5) is 5.69 Å². The molecule has 0 saturated heterocycles. The molecule has 0 saturated carbocycles. The average molecular weight is 399 g/mol. The van der Waals surface area contributed by atoms with Crippen LogP contribution in [-0.4, -0.2) is 35.2 Å². The van der Waals surface area contributed by atoms with E-state index in [-0.39, 0.29) is 5.91 Å². The maximum absolute atomic E-state index is 13.1. The molecule has 0 fully saturated rings. The van der Waals surface area contributed by atoms with Gasteiger partial charge in [-0.2, -0.15) is 5.10 Å². The van der Waals surface area contributed by atoms with Gasteiger partial charge >= 0.3 is 0 Å². The molecular formula is C22H21N7O. The SMILES string of the molecule is O=C(Nc1ccc(-n2cncn2)nc1)c1nc(-c2ccccc2)n2c1CCCCC2. The van der Waals surface area contributed by atoms with E-state index in [1.165, 1.54) is 6.33 Å². The number of hydrogen-bond donors (Lipinski definition) is 1. The monoisotopic (exact) mass is 399 g/mol. The number of imidazole rings is 1. The van der Waals surface area contributed by atoms with E-state index in [1.54, 1.807) is 29.3 Å². The first kappa shape index (κ1) is 18.2. The van der Waals surface area contributed by atoms with Crippen LogP contribution in [0.1, 0.15) is 35.4 Å². The van der Waals surface area contributed by atoms with Gasteiger partial charge in [0.2, 0.25) is 0 Å². The second-order valence-corrected chi connectivity index (χ2v) is 7.26. The predicted molar refractivity (Wildman–Crippen MR) is 112 cm³/mol. The van der Waals surface area contributed by atoms with Gasteiger partial charge in [0.1, 0.15) is 24.2 Å². The number of anilines is 1. The quantitative estimate of drug-likeness (QED) is 0.567. The van der Waals surface area contributed by atoms with Crippen molar-refractivity contribution in [2.45, 2.75) is 32.2 Å². The van der Waals surface area contributed by atoms with E-state index in [9.17, 15) is 4.79 Å². The van der Waals surface area contributed by atoms with E-state index in [2.05, 4.69) is 25.0 Å². The lowest BCUT2D eigenvalue weighted by atomic mass is 10.1. The van der Waals surface area contributed by atoms with Gasteiger partial charge in [0.15, 0.2) is 5.82 Å². The number of carbonyl (C=O) groups excluding carboxylic acids is 1. The van der Waals surface area contributed by atoms with E-state index >= 15 is 0 Å². The minimum atomic E-state index is -0.210. The summed E-state index contributed by atoms with van der Waals surface area (Å²) in [5.74, 6) is 1.28. The van der Waals surface area contributed by atoms with E-state index in [0.29, 0.717) is 17.2 Å². The summed E-state index contributed by atoms with van der Waals surface area (Å²) in [5.41, 5.74) is 3.14. The van der Waals surface area contributed by atoms with Gasteiger partial charge in [0, 0.05) is 12.1 Å². The molecule has 8 heteroatoms. The molecule has 0 bridgehead atoms. The molecule has 3 aromatic heterocycles. The smallest absolute Gasteiger partial charge is 0.276 e. The zero-order valence-electron chi connectivity index (χ0n) is 16.4. The molecule has 1 aromatic carbocycles. The zero-order chi connectivity index (χ0) is 20.3. The number of carbonyl (C=O) groups is 1. The van der Waals surface area contributed by atoms with Gasteiger partial charge in [-0.25, -0.2) is 19.6 Å². The lowest BCUT2D eigenvalue weighted by molar-refractivity contribution is 0.102. The third-order valence-corrected chi connectivity index (χ3v) is 5.27. The van der Waals surface area contributed by atoms with Crippen LogP contribution in [0, 0.1) is 0 Å². The van der Waals surface area contributed by atoms with Crippen LogP contribution in [0.3, 0.4) is 0 Å². The highest BCUT2D eigenvalue weighted by Gasteiger charge is 2.24.